The second-order valence-corrected chi connectivity index (χ2v) is 7.72. The fraction of sp³-hybridized carbons (Fsp3) is 0.111. The molecule has 0 aliphatic rings. The van der Waals surface area contributed by atoms with Crippen LogP contribution in [0.2, 0.25) is 0 Å². The zero-order valence-corrected chi connectivity index (χ0v) is 15.5. The fourth-order valence-corrected chi connectivity index (χ4v) is 3.91. The van der Waals surface area contributed by atoms with Crippen molar-refractivity contribution in [2.45, 2.75) is 17.0 Å². The van der Waals surface area contributed by atoms with E-state index in [4.69, 9.17) is 4.42 Å². The number of nitrogens with zero attached hydrogens (tertiary/aromatic N) is 4. The largest absolute Gasteiger partial charge is 0.420 e. The lowest BCUT2D eigenvalue weighted by Gasteiger charge is -2.01. The highest BCUT2D eigenvalue weighted by Crippen LogP contribution is 2.30. The third-order valence-electron chi connectivity index (χ3n) is 3.48. The van der Waals surface area contributed by atoms with Crippen LogP contribution in [0.5, 0.6) is 0 Å². The molecular weight excluding hydrogens is 366 g/mol. The molecule has 2 aromatic carbocycles. The van der Waals surface area contributed by atoms with Crippen molar-refractivity contribution in [3.05, 3.63) is 66.1 Å². The molecule has 0 saturated heterocycles. The van der Waals surface area contributed by atoms with Gasteiger partial charge >= 0.3 is 0 Å². The topological polar surface area (TPSA) is 76.7 Å². The highest BCUT2D eigenvalue weighted by molar-refractivity contribution is 8.00. The van der Waals surface area contributed by atoms with E-state index in [-0.39, 0.29) is 0 Å². The van der Waals surface area contributed by atoms with Crippen LogP contribution in [0.1, 0.15) is 11.5 Å². The van der Waals surface area contributed by atoms with Gasteiger partial charge in [0.15, 0.2) is 4.34 Å². The summed E-state index contributed by atoms with van der Waals surface area (Å²) in [5, 5.41) is 20.6. The summed E-state index contributed by atoms with van der Waals surface area (Å²) in [6, 6.07) is 17.9. The molecule has 4 rings (SSSR count). The van der Waals surface area contributed by atoms with Crippen LogP contribution in [0, 0.1) is 6.92 Å². The monoisotopic (exact) mass is 381 g/mol. The number of nitrogens with one attached hydrogen (secondary N) is 1. The Balaban J connectivity index is 1.37. The highest BCUT2D eigenvalue weighted by Gasteiger charge is 2.11. The van der Waals surface area contributed by atoms with Crippen LogP contribution in [0.4, 0.5) is 10.8 Å². The Morgan fingerprint density at radius 3 is 2.73 bits per heavy atom. The van der Waals surface area contributed by atoms with Crippen LogP contribution in [0.3, 0.4) is 0 Å². The van der Waals surface area contributed by atoms with E-state index in [2.05, 4.69) is 44.8 Å². The first-order valence-electron chi connectivity index (χ1n) is 7.94. The minimum Gasteiger partial charge on any atom is -0.420 e. The van der Waals surface area contributed by atoms with Gasteiger partial charge in [0.2, 0.25) is 16.9 Å². The van der Waals surface area contributed by atoms with Crippen molar-refractivity contribution in [2.75, 3.05) is 5.32 Å². The second-order valence-electron chi connectivity index (χ2n) is 5.52. The first-order chi connectivity index (χ1) is 12.8. The quantitative estimate of drug-likeness (QED) is 0.474. The molecule has 0 amide bonds. The molecule has 0 radical (unpaired) electrons. The molecule has 0 bridgehead atoms. The van der Waals surface area contributed by atoms with Gasteiger partial charge in [-0.25, -0.2) is 0 Å². The van der Waals surface area contributed by atoms with E-state index in [1.165, 1.54) is 28.7 Å². The summed E-state index contributed by atoms with van der Waals surface area (Å²) in [5.74, 6) is 1.65. The molecule has 130 valence electrons. The lowest BCUT2D eigenvalue weighted by atomic mass is 10.2. The molecule has 4 aromatic rings. The van der Waals surface area contributed by atoms with Crippen LogP contribution in [0.15, 0.2) is 63.4 Å². The van der Waals surface area contributed by atoms with E-state index < -0.39 is 0 Å². The van der Waals surface area contributed by atoms with Crippen molar-refractivity contribution in [2.24, 2.45) is 0 Å². The van der Waals surface area contributed by atoms with Gasteiger partial charge in [0.1, 0.15) is 0 Å². The zero-order chi connectivity index (χ0) is 17.8. The minimum absolute atomic E-state index is 0.528. The molecule has 2 heterocycles. The molecule has 26 heavy (non-hydrogen) atoms. The molecule has 0 unspecified atom stereocenters. The van der Waals surface area contributed by atoms with Crippen molar-refractivity contribution in [1.29, 1.82) is 0 Å². The molecule has 6 nitrogen and oxygen atoms in total. The smallest absolute Gasteiger partial charge is 0.247 e. The zero-order valence-electron chi connectivity index (χ0n) is 13.9. The molecule has 0 aliphatic carbocycles. The van der Waals surface area contributed by atoms with Crippen molar-refractivity contribution < 1.29 is 4.42 Å². The molecular formula is C18H15N5OS2. The summed E-state index contributed by atoms with van der Waals surface area (Å²) in [6.45, 7) is 2.06. The number of hydrogen-bond donors (Lipinski definition) is 1. The van der Waals surface area contributed by atoms with Gasteiger partial charge in [-0.1, -0.05) is 53.4 Å². The van der Waals surface area contributed by atoms with E-state index in [0.717, 1.165) is 20.7 Å². The standard InChI is InChI=1S/C18H15N5OS2/c1-12-6-5-9-14(10-12)19-17-22-23-18(26-17)25-11-15-20-21-16(24-15)13-7-3-2-4-8-13/h2-10H,11H2,1H3,(H,19,22). The number of rotatable bonds is 6. The number of anilines is 2. The Labute approximate surface area is 158 Å². The Hall–Kier alpha value is -2.71. The predicted molar refractivity (Wildman–Crippen MR) is 104 cm³/mol. The molecule has 0 atom stereocenters. The van der Waals surface area contributed by atoms with Gasteiger partial charge < -0.3 is 9.73 Å². The number of hydrogen-bond acceptors (Lipinski definition) is 8. The van der Waals surface area contributed by atoms with Crippen LogP contribution < -0.4 is 5.32 Å². The van der Waals surface area contributed by atoms with Crippen molar-refractivity contribution in [3.8, 4) is 11.5 Å². The van der Waals surface area contributed by atoms with Gasteiger partial charge in [-0.05, 0) is 36.8 Å². The van der Waals surface area contributed by atoms with E-state index in [0.29, 0.717) is 17.5 Å². The highest BCUT2D eigenvalue weighted by atomic mass is 32.2. The Morgan fingerprint density at radius 2 is 1.88 bits per heavy atom. The molecule has 1 N–H and O–H groups in total. The Kier molecular flexibility index (Phi) is 4.94. The third kappa shape index (κ3) is 4.09. The summed E-state index contributed by atoms with van der Waals surface area (Å²) < 4.78 is 6.55. The maximum Gasteiger partial charge on any atom is 0.247 e. The summed E-state index contributed by atoms with van der Waals surface area (Å²) in [7, 11) is 0. The molecule has 0 aliphatic heterocycles. The summed E-state index contributed by atoms with van der Waals surface area (Å²) >= 11 is 3.02. The SMILES string of the molecule is Cc1cccc(Nc2nnc(SCc3nnc(-c4ccccc4)o3)s2)c1. The summed E-state index contributed by atoms with van der Waals surface area (Å²) in [6.07, 6.45) is 0. The van der Waals surface area contributed by atoms with E-state index in [9.17, 15) is 0 Å². The second kappa shape index (κ2) is 7.67. The first-order valence-corrected chi connectivity index (χ1v) is 9.74. The summed E-state index contributed by atoms with van der Waals surface area (Å²) in [4.78, 5) is 0. The van der Waals surface area contributed by atoms with Crippen molar-refractivity contribution >= 4 is 33.9 Å². The Bertz CT molecular complexity index is 1000. The number of aromatic nitrogens is 4. The van der Waals surface area contributed by atoms with Crippen molar-refractivity contribution in [3.63, 3.8) is 0 Å². The van der Waals surface area contributed by atoms with Gasteiger partial charge in [0, 0.05) is 11.3 Å². The number of benzene rings is 2. The summed E-state index contributed by atoms with van der Waals surface area (Å²) in [5.41, 5.74) is 3.11. The molecule has 0 fully saturated rings. The molecule has 0 saturated carbocycles. The van der Waals surface area contributed by atoms with Gasteiger partial charge in [-0.15, -0.1) is 20.4 Å². The van der Waals surface area contributed by atoms with Crippen LogP contribution >= 0.6 is 23.1 Å². The van der Waals surface area contributed by atoms with Crippen molar-refractivity contribution in [1.82, 2.24) is 20.4 Å². The Morgan fingerprint density at radius 1 is 1.00 bits per heavy atom. The maximum absolute atomic E-state index is 5.70. The average molecular weight is 381 g/mol. The molecule has 2 aromatic heterocycles. The first kappa shape index (κ1) is 16.7. The van der Waals surface area contributed by atoms with E-state index >= 15 is 0 Å². The lowest BCUT2D eigenvalue weighted by molar-refractivity contribution is 0.528. The average Bonchev–Trinajstić information content (AvgIpc) is 3.30. The maximum atomic E-state index is 5.70. The van der Waals surface area contributed by atoms with E-state index in [1.807, 2.05) is 42.5 Å². The van der Waals surface area contributed by atoms with Crippen LogP contribution in [0.25, 0.3) is 11.5 Å². The van der Waals surface area contributed by atoms with Crippen LogP contribution in [-0.2, 0) is 5.75 Å². The van der Waals surface area contributed by atoms with Gasteiger partial charge in [-0.3, -0.25) is 0 Å². The number of thioether (sulfide) groups is 1. The van der Waals surface area contributed by atoms with Gasteiger partial charge in [0.05, 0.1) is 5.75 Å². The normalized spacial score (nSPS) is 10.8. The lowest BCUT2D eigenvalue weighted by Crippen LogP contribution is -1.89. The molecule has 8 heteroatoms. The third-order valence-corrected chi connectivity index (χ3v) is 5.44. The van der Waals surface area contributed by atoms with Crippen LogP contribution in [-0.4, -0.2) is 20.4 Å². The number of aryl methyl sites for hydroxylation is 1. The minimum atomic E-state index is 0.528. The fourth-order valence-electron chi connectivity index (χ4n) is 2.30. The predicted octanol–water partition coefficient (Wildman–Crippen LogP) is 4.93. The van der Waals surface area contributed by atoms with Gasteiger partial charge in [0.25, 0.3) is 0 Å². The molecule has 0 spiro atoms. The van der Waals surface area contributed by atoms with E-state index in [1.54, 1.807) is 0 Å². The van der Waals surface area contributed by atoms with Gasteiger partial charge in [-0.2, -0.15) is 0 Å².